The van der Waals surface area contributed by atoms with Crippen molar-refractivity contribution < 1.29 is 8.83 Å². The van der Waals surface area contributed by atoms with Crippen LogP contribution in [-0.4, -0.2) is 4.98 Å². The summed E-state index contributed by atoms with van der Waals surface area (Å²) >= 11 is 0. The first kappa shape index (κ1) is 33.4. The summed E-state index contributed by atoms with van der Waals surface area (Å²) in [6, 6.07) is 73.7. The van der Waals surface area contributed by atoms with Crippen LogP contribution in [0.15, 0.2) is 221 Å². The lowest BCUT2D eigenvalue weighted by Crippen LogP contribution is -2.12. The minimum absolute atomic E-state index is 0.557. The molecule has 2 aromatic heterocycles. The van der Waals surface area contributed by atoms with Gasteiger partial charge in [0.05, 0.1) is 16.8 Å². The van der Waals surface area contributed by atoms with Crippen LogP contribution in [0.5, 0.6) is 0 Å². The van der Waals surface area contributed by atoms with E-state index in [0.29, 0.717) is 11.5 Å². The molecule has 5 nitrogen and oxygen atoms in total. The minimum Gasteiger partial charge on any atom is -0.456 e. The molecule has 9 aromatic carbocycles. The number of hydrogen-bond acceptors (Lipinski definition) is 5. The molecule has 0 saturated carbocycles. The summed E-state index contributed by atoms with van der Waals surface area (Å²) in [5, 5.41) is 4.12. The van der Waals surface area contributed by atoms with Crippen LogP contribution in [-0.2, 0) is 0 Å². The molecule has 0 atom stereocenters. The number of aromatic nitrogens is 1. The molecular formula is C53H35N3O2. The van der Waals surface area contributed by atoms with Gasteiger partial charge in [-0.1, -0.05) is 127 Å². The molecule has 11 rings (SSSR count). The second-order valence-corrected chi connectivity index (χ2v) is 14.4. The van der Waals surface area contributed by atoms with Gasteiger partial charge in [-0.2, -0.15) is 0 Å². The molecule has 5 heteroatoms. The minimum atomic E-state index is 0.557. The van der Waals surface area contributed by atoms with Gasteiger partial charge in [-0.3, -0.25) is 0 Å². The predicted molar refractivity (Wildman–Crippen MR) is 239 cm³/mol. The van der Waals surface area contributed by atoms with Crippen LogP contribution in [0.25, 0.3) is 66.4 Å². The Balaban J connectivity index is 1.18. The van der Waals surface area contributed by atoms with E-state index in [1.54, 1.807) is 0 Å². The van der Waals surface area contributed by atoms with Crippen molar-refractivity contribution in [1.29, 1.82) is 0 Å². The highest BCUT2D eigenvalue weighted by atomic mass is 16.3. The largest absolute Gasteiger partial charge is 0.456 e. The lowest BCUT2D eigenvalue weighted by atomic mass is 10.0. The van der Waals surface area contributed by atoms with Crippen molar-refractivity contribution in [2.75, 3.05) is 9.80 Å². The van der Waals surface area contributed by atoms with Gasteiger partial charge in [-0.15, -0.1) is 0 Å². The van der Waals surface area contributed by atoms with E-state index in [2.05, 4.69) is 168 Å². The first-order valence-electron chi connectivity index (χ1n) is 19.5. The third-order valence-electron chi connectivity index (χ3n) is 10.8. The predicted octanol–water partition coefficient (Wildman–Crippen LogP) is 15.2. The molecule has 274 valence electrons. The number of benzene rings is 9. The SMILES string of the molecule is c1ccc(-c2ccc(N(c3ccccc3)c3cccc4cc(N(c5ccccc5)c5ccc6oc7ccccc7c6c5)c5nc(-c6ccccc6)oc5c34)cc2)cc1. The first-order valence-corrected chi connectivity index (χ1v) is 19.5. The zero-order valence-corrected chi connectivity index (χ0v) is 31.4. The van der Waals surface area contributed by atoms with Crippen LogP contribution >= 0.6 is 0 Å². The monoisotopic (exact) mass is 745 g/mol. The van der Waals surface area contributed by atoms with Crippen molar-refractivity contribution in [2.24, 2.45) is 0 Å². The number of anilines is 6. The molecule has 2 heterocycles. The van der Waals surface area contributed by atoms with Crippen molar-refractivity contribution in [1.82, 2.24) is 4.98 Å². The van der Waals surface area contributed by atoms with Gasteiger partial charge in [-0.25, -0.2) is 4.98 Å². The van der Waals surface area contributed by atoms with E-state index in [-0.39, 0.29) is 0 Å². The molecule has 11 aromatic rings. The van der Waals surface area contributed by atoms with Crippen LogP contribution in [0.4, 0.5) is 34.1 Å². The zero-order valence-electron chi connectivity index (χ0n) is 31.4. The highest BCUT2D eigenvalue weighted by molar-refractivity contribution is 6.17. The molecule has 58 heavy (non-hydrogen) atoms. The molecule has 0 saturated heterocycles. The summed E-state index contributed by atoms with van der Waals surface area (Å²) in [6.45, 7) is 0. The Bertz CT molecular complexity index is 3210. The van der Waals surface area contributed by atoms with E-state index in [4.69, 9.17) is 13.8 Å². The molecule has 0 aliphatic carbocycles. The molecular weight excluding hydrogens is 711 g/mol. The van der Waals surface area contributed by atoms with Gasteiger partial charge in [0, 0.05) is 39.1 Å². The van der Waals surface area contributed by atoms with Gasteiger partial charge >= 0.3 is 0 Å². The molecule has 0 fully saturated rings. The molecule has 0 bridgehead atoms. The summed E-state index contributed by atoms with van der Waals surface area (Å²) < 4.78 is 13.3. The van der Waals surface area contributed by atoms with E-state index in [9.17, 15) is 0 Å². The summed E-state index contributed by atoms with van der Waals surface area (Å²) in [6.07, 6.45) is 0. The number of fused-ring (bicyclic) bond motifs is 6. The third-order valence-corrected chi connectivity index (χ3v) is 10.8. The third kappa shape index (κ3) is 5.76. The van der Waals surface area contributed by atoms with Gasteiger partial charge in [-0.05, 0) is 101 Å². The Morgan fingerprint density at radius 1 is 0.362 bits per heavy atom. The summed E-state index contributed by atoms with van der Waals surface area (Å²) in [7, 11) is 0. The molecule has 0 amide bonds. The van der Waals surface area contributed by atoms with Crippen molar-refractivity contribution >= 4 is 77.9 Å². The van der Waals surface area contributed by atoms with Gasteiger partial charge < -0.3 is 18.6 Å². The van der Waals surface area contributed by atoms with Crippen molar-refractivity contribution in [2.45, 2.75) is 0 Å². The normalized spacial score (nSPS) is 11.4. The maximum atomic E-state index is 7.01. The van der Waals surface area contributed by atoms with Crippen LogP contribution in [0.3, 0.4) is 0 Å². The number of hydrogen-bond donors (Lipinski definition) is 0. The lowest BCUT2D eigenvalue weighted by Gasteiger charge is -2.28. The van der Waals surface area contributed by atoms with Crippen LogP contribution in [0.1, 0.15) is 0 Å². The number of oxazole rings is 1. The highest BCUT2D eigenvalue weighted by Crippen LogP contribution is 2.48. The quantitative estimate of drug-likeness (QED) is 0.155. The van der Waals surface area contributed by atoms with Crippen molar-refractivity contribution in [3.8, 4) is 22.6 Å². The standard InChI is InChI=1S/C53H35N3O2/c1-5-16-36(17-6-1)37-28-30-42(31-29-37)55(40-21-9-3-10-22-40)46-26-15-20-39-34-47(51-52(50(39)46)58-53(54-51)38-18-7-2-8-19-38)56(41-23-11-4-12-24-41)43-32-33-49-45(35-43)44-25-13-14-27-48(44)57-49/h1-35H. The van der Waals surface area contributed by atoms with E-state index in [1.165, 1.54) is 5.56 Å². The van der Waals surface area contributed by atoms with Crippen LogP contribution in [0, 0.1) is 0 Å². The average molecular weight is 746 g/mol. The summed E-state index contributed by atoms with van der Waals surface area (Å²) in [5.41, 5.74) is 12.4. The fourth-order valence-corrected chi connectivity index (χ4v) is 8.16. The number of rotatable bonds is 8. The average Bonchev–Trinajstić information content (AvgIpc) is 3.91. The van der Waals surface area contributed by atoms with Gasteiger partial charge in [0.2, 0.25) is 5.89 Å². The van der Waals surface area contributed by atoms with Gasteiger partial charge in [0.25, 0.3) is 0 Å². The van der Waals surface area contributed by atoms with Crippen molar-refractivity contribution in [3.63, 3.8) is 0 Å². The molecule has 0 N–H and O–H groups in total. The molecule has 0 unspecified atom stereocenters. The second-order valence-electron chi connectivity index (χ2n) is 14.4. The van der Waals surface area contributed by atoms with Crippen molar-refractivity contribution in [3.05, 3.63) is 212 Å². The molecule has 0 aliphatic heterocycles. The van der Waals surface area contributed by atoms with Crippen LogP contribution in [0.2, 0.25) is 0 Å². The van der Waals surface area contributed by atoms with E-state index >= 15 is 0 Å². The van der Waals surface area contributed by atoms with E-state index in [1.807, 2.05) is 54.6 Å². The maximum Gasteiger partial charge on any atom is 0.227 e. The Hall–Kier alpha value is -7.89. The Morgan fingerprint density at radius 3 is 1.62 bits per heavy atom. The highest BCUT2D eigenvalue weighted by Gasteiger charge is 2.26. The number of para-hydroxylation sites is 3. The Kier molecular flexibility index (Phi) is 8.07. The molecule has 0 aliphatic rings. The fraction of sp³-hybridized carbons (Fsp3) is 0. The number of nitrogens with zero attached hydrogens (tertiary/aromatic N) is 3. The maximum absolute atomic E-state index is 7.01. The summed E-state index contributed by atoms with van der Waals surface area (Å²) in [4.78, 5) is 9.95. The van der Waals surface area contributed by atoms with Gasteiger partial charge in [0.15, 0.2) is 5.58 Å². The Morgan fingerprint density at radius 2 is 0.914 bits per heavy atom. The lowest BCUT2D eigenvalue weighted by molar-refractivity contribution is 0.623. The molecule has 0 spiro atoms. The summed E-state index contributed by atoms with van der Waals surface area (Å²) in [5.74, 6) is 0.557. The fourth-order valence-electron chi connectivity index (χ4n) is 8.16. The number of furan rings is 1. The molecule has 0 radical (unpaired) electrons. The smallest absolute Gasteiger partial charge is 0.227 e. The Labute approximate surface area is 335 Å². The van der Waals surface area contributed by atoms with Gasteiger partial charge in [0.1, 0.15) is 16.7 Å². The van der Waals surface area contributed by atoms with E-state index in [0.717, 1.165) is 83.5 Å². The first-order chi connectivity index (χ1) is 28.8. The topological polar surface area (TPSA) is 45.7 Å². The zero-order chi connectivity index (χ0) is 38.4. The van der Waals surface area contributed by atoms with Crippen LogP contribution < -0.4 is 9.80 Å². The second kappa shape index (κ2) is 14.0. The van der Waals surface area contributed by atoms with E-state index < -0.39 is 0 Å².